The first-order valence-corrected chi connectivity index (χ1v) is 14.6. The van der Waals surface area contributed by atoms with Crippen molar-refractivity contribution in [1.82, 2.24) is 0 Å². The second kappa shape index (κ2) is 8.56. The van der Waals surface area contributed by atoms with Gasteiger partial charge >= 0.3 is 0 Å². The minimum absolute atomic E-state index is 0.00167. The van der Waals surface area contributed by atoms with Crippen molar-refractivity contribution in [3.8, 4) is 33.4 Å². The fraction of sp³-hybridized carbons (Fsp3) is 0.0750. The highest BCUT2D eigenvalue weighted by Crippen LogP contribution is 2.53. The number of hydrogen-bond acceptors (Lipinski definition) is 3. The molecule has 204 valence electrons. The molecule has 0 aliphatic heterocycles. The van der Waals surface area contributed by atoms with Crippen LogP contribution in [-0.2, 0) is 5.41 Å². The lowest BCUT2D eigenvalue weighted by Gasteiger charge is -2.22. The molecule has 0 unspecified atom stereocenters. The van der Waals surface area contributed by atoms with E-state index in [-0.39, 0.29) is 10.8 Å². The van der Waals surface area contributed by atoms with E-state index in [1.54, 1.807) is 0 Å². The highest BCUT2D eigenvalue weighted by atomic mass is 16.3. The van der Waals surface area contributed by atoms with Gasteiger partial charge in [0, 0.05) is 16.2 Å². The van der Waals surface area contributed by atoms with Crippen LogP contribution in [0.2, 0.25) is 0 Å². The highest BCUT2D eigenvalue weighted by Gasteiger charge is 2.38. The van der Waals surface area contributed by atoms with Gasteiger partial charge in [0.05, 0.1) is 10.8 Å². The minimum Gasteiger partial charge on any atom is -0.456 e. The topological polar surface area (TPSA) is 43.4 Å². The van der Waals surface area contributed by atoms with Gasteiger partial charge in [0.25, 0.3) is 0 Å². The molecule has 0 spiro atoms. The van der Waals surface area contributed by atoms with Gasteiger partial charge in [-0.25, -0.2) is 0 Å². The lowest BCUT2D eigenvalue weighted by molar-refractivity contribution is 0.657. The number of fused-ring (bicyclic) bond motifs is 9. The summed E-state index contributed by atoms with van der Waals surface area (Å²) >= 11 is 0. The van der Waals surface area contributed by atoms with E-state index >= 15 is 0 Å². The third kappa shape index (κ3) is 3.39. The number of furan rings is 1. The molecule has 9 rings (SSSR count). The molecular weight excluding hydrogens is 528 g/mol. The van der Waals surface area contributed by atoms with E-state index in [2.05, 4.69) is 80.6 Å². The molecule has 0 N–H and O–H groups in total. The summed E-state index contributed by atoms with van der Waals surface area (Å²) in [5.74, 6) is 0. The van der Waals surface area contributed by atoms with E-state index in [1.165, 1.54) is 38.6 Å². The van der Waals surface area contributed by atoms with Gasteiger partial charge in [0.2, 0.25) is 5.43 Å². The molecule has 0 atom stereocenters. The van der Waals surface area contributed by atoms with E-state index in [9.17, 15) is 4.79 Å². The first-order chi connectivity index (χ1) is 21.0. The molecule has 0 saturated heterocycles. The van der Waals surface area contributed by atoms with E-state index in [0.717, 1.165) is 27.9 Å². The summed E-state index contributed by atoms with van der Waals surface area (Å²) in [5.41, 5.74) is 12.6. The zero-order valence-corrected chi connectivity index (χ0v) is 23.8. The molecule has 1 aliphatic rings. The van der Waals surface area contributed by atoms with Crippen molar-refractivity contribution in [2.45, 2.75) is 19.3 Å². The second-order valence-electron chi connectivity index (χ2n) is 12.1. The van der Waals surface area contributed by atoms with Gasteiger partial charge in [-0.05, 0) is 87.0 Å². The van der Waals surface area contributed by atoms with Crippen molar-refractivity contribution in [1.29, 1.82) is 0 Å². The van der Waals surface area contributed by atoms with Gasteiger partial charge in [0.1, 0.15) is 22.3 Å². The Hall–Kier alpha value is -5.41. The molecule has 6 aromatic carbocycles. The monoisotopic (exact) mass is 554 g/mol. The zero-order valence-electron chi connectivity index (χ0n) is 23.8. The Morgan fingerprint density at radius 2 is 1.07 bits per heavy atom. The number of hydrogen-bond donors (Lipinski definition) is 0. The predicted octanol–water partition coefficient (Wildman–Crippen LogP) is 10.5. The SMILES string of the molecule is CC1(C)c2ccc(-c3ccc(-c4ccc5c(=O)c6ccccc6oc5c4)cc3)cc2-c2ccc3oc4ccccc4c3c21. The van der Waals surface area contributed by atoms with Crippen molar-refractivity contribution in [2.24, 2.45) is 0 Å². The Morgan fingerprint density at radius 3 is 1.84 bits per heavy atom. The van der Waals surface area contributed by atoms with E-state index in [1.807, 2.05) is 54.6 Å². The predicted molar refractivity (Wildman–Crippen MR) is 176 cm³/mol. The Labute approximate surface area is 247 Å². The van der Waals surface area contributed by atoms with Crippen molar-refractivity contribution >= 4 is 43.9 Å². The van der Waals surface area contributed by atoms with Crippen molar-refractivity contribution in [3.63, 3.8) is 0 Å². The van der Waals surface area contributed by atoms with Crippen LogP contribution in [0.1, 0.15) is 25.0 Å². The van der Waals surface area contributed by atoms with Crippen molar-refractivity contribution < 1.29 is 8.83 Å². The Bertz CT molecular complexity index is 2490. The van der Waals surface area contributed by atoms with Gasteiger partial charge in [-0.1, -0.05) is 92.7 Å². The van der Waals surface area contributed by atoms with Crippen LogP contribution in [0.3, 0.4) is 0 Å². The summed E-state index contributed by atoms with van der Waals surface area (Å²) in [6, 6.07) is 41.4. The van der Waals surface area contributed by atoms with Crippen molar-refractivity contribution in [2.75, 3.05) is 0 Å². The molecule has 8 aromatic rings. The number of benzene rings is 6. The fourth-order valence-electron chi connectivity index (χ4n) is 7.15. The summed E-state index contributed by atoms with van der Waals surface area (Å²) in [4.78, 5) is 13.0. The minimum atomic E-state index is -0.143. The zero-order chi connectivity index (χ0) is 28.9. The van der Waals surface area contributed by atoms with Crippen LogP contribution >= 0.6 is 0 Å². The van der Waals surface area contributed by atoms with Crippen LogP contribution in [0.15, 0.2) is 135 Å². The Kier molecular flexibility index (Phi) is 4.82. The van der Waals surface area contributed by atoms with Gasteiger partial charge < -0.3 is 8.83 Å². The Balaban J connectivity index is 1.12. The quantitative estimate of drug-likeness (QED) is 0.200. The van der Waals surface area contributed by atoms with E-state index in [0.29, 0.717) is 21.9 Å². The molecule has 3 nitrogen and oxygen atoms in total. The third-order valence-electron chi connectivity index (χ3n) is 9.28. The van der Waals surface area contributed by atoms with Crippen LogP contribution in [0.5, 0.6) is 0 Å². The molecule has 0 saturated carbocycles. The van der Waals surface area contributed by atoms with Crippen LogP contribution in [-0.4, -0.2) is 0 Å². The van der Waals surface area contributed by atoms with Gasteiger partial charge in [-0.15, -0.1) is 0 Å². The fourth-order valence-corrected chi connectivity index (χ4v) is 7.15. The molecule has 2 aromatic heterocycles. The first kappa shape index (κ1) is 24.2. The molecule has 1 aliphatic carbocycles. The largest absolute Gasteiger partial charge is 0.456 e. The number of para-hydroxylation sites is 2. The number of rotatable bonds is 2. The summed E-state index contributed by atoms with van der Waals surface area (Å²) < 4.78 is 12.3. The van der Waals surface area contributed by atoms with Crippen LogP contribution in [0, 0.1) is 0 Å². The van der Waals surface area contributed by atoms with Crippen LogP contribution in [0.4, 0.5) is 0 Å². The smallest absolute Gasteiger partial charge is 0.200 e. The van der Waals surface area contributed by atoms with E-state index < -0.39 is 0 Å². The highest BCUT2D eigenvalue weighted by molar-refractivity contribution is 6.11. The standard InChI is InChI=1S/C40H26O3/c1-40(2)32-19-16-25(21-31(32)27-18-20-35-37(38(27)40)28-7-3-5-9-33(28)42-35)23-11-13-24(14-12-23)26-15-17-30-36(22-26)43-34-10-6-4-8-29(34)39(30)41/h3-22H,1-2H3. The molecule has 3 heteroatoms. The summed E-state index contributed by atoms with van der Waals surface area (Å²) in [5, 5.41) is 3.60. The van der Waals surface area contributed by atoms with Gasteiger partial charge in [-0.3, -0.25) is 4.79 Å². The molecule has 0 radical (unpaired) electrons. The maximum Gasteiger partial charge on any atom is 0.200 e. The lowest BCUT2D eigenvalue weighted by atomic mass is 9.80. The lowest BCUT2D eigenvalue weighted by Crippen LogP contribution is -2.15. The summed E-state index contributed by atoms with van der Waals surface area (Å²) in [6.45, 7) is 4.64. The van der Waals surface area contributed by atoms with Gasteiger partial charge in [0.15, 0.2) is 0 Å². The normalized spacial score (nSPS) is 13.6. The maximum absolute atomic E-state index is 13.0. The Morgan fingerprint density at radius 1 is 0.488 bits per heavy atom. The average Bonchev–Trinajstić information content (AvgIpc) is 3.53. The average molecular weight is 555 g/mol. The summed E-state index contributed by atoms with van der Waals surface area (Å²) in [6.07, 6.45) is 0. The molecule has 2 heterocycles. The van der Waals surface area contributed by atoms with Crippen LogP contribution < -0.4 is 5.43 Å². The first-order valence-electron chi connectivity index (χ1n) is 14.6. The van der Waals surface area contributed by atoms with Crippen LogP contribution in [0.25, 0.3) is 77.3 Å². The van der Waals surface area contributed by atoms with Crippen molar-refractivity contribution in [3.05, 3.63) is 143 Å². The second-order valence-corrected chi connectivity index (χ2v) is 12.1. The molecule has 43 heavy (non-hydrogen) atoms. The summed E-state index contributed by atoms with van der Waals surface area (Å²) in [7, 11) is 0. The molecule has 0 fully saturated rings. The molecule has 0 amide bonds. The maximum atomic E-state index is 13.0. The third-order valence-corrected chi connectivity index (χ3v) is 9.28. The molecule has 0 bridgehead atoms. The molecular formula is C40H26O3. The van der Waals surface area contributed by atoms with Gasteiger partial charge in [-0.2, -0.15) is 0 Å². The van der Waals surface area contributed by atoms with E-state index in [4.69, 9.17) is 8.83 Å².